The second kappa shape index (κ2) is 19.6. The number of benzene rings is 2. The molecule has 0 radical (unpaired) electrons. The molecule has 2 aromatic rings. The fraction of sp³-hybridized carbons (Fsp3) is 0.476. The van der Waals surface area contributed by atoms with Gasteiger partial charge in [0.1, 0.15) is 6.54 Å². The van der Waals surface area contributed by atoms with Crippen LogP contribution in [-0.2, 0) is 69.9 Å². The van der Waals surface area contributed by atoms with Gasteiger partial charge in [0.25, 0.3) is 42.2 Å². The third-order valence-corrected chi connectivity index (χ3v) is 14.1. The highest BCUT2D eigenvalue weighted by Gasteiger charge is 2.48. The summed E-state index contributed by atoms with van der Waals surface area (Å²) in [6.07, 6.45) is 7.87. The predicted octanol–water partition coefficient (Wildman–Crippen LogP) is 4.83. The molecule has 0 aliphatic carbocycles. The van der Waals surface area contributed by atoms with Crippen LogP contribution in [-0.4, -0.2) is 118 Å². The molecule has 3 heterocycles. The SMILES string of the molecule is CC[N+]1=C(/C=C/C(C)=C/C=C2/N(CCCC(=O)ON3C(=O)CCC3=O)c3ccc(S(=O)(=O)O)cc3C2(C)CCOCCOC)C(C)(CCCS(=O)(=O)O)c2cc(S(=O)(=O)O)ccc21. The Kier molecular flexibility index (Phi) is 15.4. The number of fused-ring (bicyclic) bond motifs is 2. The summed E-state index contributed by atoms with van der Waals surface area (Å²) in [5, 5.41) is 0.485. The van der Waals surface area contributed by atoms with Gasteiger partial charge in [-0.2, -0.15) is 29.8 Å². The van der Waals surface area contributed by atoms with Gasteiger partial charge in [-0.1, -0.05) is 17.7 Å². The van der Waals surface area contributed by atoms with Crippen molar-refractivity contribution in [3.05, 3.63) is 83.1 Å². The molecule has 2 atom stereocenters. The molecule has 344 valence electrons. The average Bonchev–Trinajstić information content (AvgIpc) is 3.73. The maximum Gasteiger partial charge on any atom is 0.333 e. The molecule has 3 aliphatic heterocycles. The van der Waals surface area contributed by atoms with Gasteiger partial charge in [0.15, 0.2) is 5.71 Å². The third kappa shape index (κ3) is 11.4. The average molecular weight is 937 g/mol. The molecule has 18 nitrogen and oxygen atoms in total. The highest BCUT2D eigenvalue weighted by molar-refractivity contribution is 7.86. The van der Waals surface area contributed by atoms with Crippen molar-refractivity contribution in [3.63, 3.8) is 0 Å². The summed E-state index contributed by atoms with van der Waals surface area (Å²) in [6.45, 7) is 9.00. The number of allylic oxidation sites excluding steroid dienone is 6. The number of hydrogen-bond donors (Lipinski definition) is 3. The van der Waals surface area contributed by atoms with E-state index in [-0.39, 0.29) is 61.5 Å². The molecule has 21 heteroatoms. The molecule has 2 unspecified atom stereocenters. The van der Waals surface area contributed by atoms with Crippen LogP contribution in [0.15, 0.2) is 81.8 Å². The molecule has 3 N–H and O–H groups in total. The van der Waals surface area contributed by atoms with Crippen molar-refractivity contribution in [2.75, 3.05) is 50.7 Å². The van der Waals surface area contributed by atoms with Gasteiger partial charge < -0.3 is 19.2 Å². The molecule has 1 saturated heterocycles. The van der Waals surface area contributed by atoms with E-state index >= 15 is 0 Å². The Hall–Kier alpha value is -4.61. The van der Waals surface area contributed by atoms with Crippen LogP contribution in [0.5, 0.6) is 0 Å². The normalized spacial score (nSPS) is 21.3. The molecule has 1 fully saturated rings. The first-order valence-electron chi connectivity index (χ1n) is 20.3. The Morgan fingerprint density at radius 1 is 0.857 bits per heavy atom. The predicted molar refractivity (Wildman–Crippen MR) is 230 cm³/mol. The molecule has 2 amide bonds. The molecule has 3 aliphatic rings. The number of amides is 2. The van der Waals surface area contributed by atoms with Crippen LogP contribution < -0.4 is 4.90 Å². The van der Waals surface area contributed by atoms with E-state index < -0.39 is 64.7 Å². The zero-order valence-electron chi connectivity index (χ0n) is 35.8. The lowest BCUT2D eigenvalue weighted by Crippen LogP contribution is -2.33. The number of carbonyl (C=O) groups excluding carboxylic acids is 3. The van der Waals surface area contributed by atoms with Gasteiger partial charge in [-0.05, 0) is 95.3 Å². The van der Waals surface area contributed by atoms with E-state index in [0.717, 1.165) is 5.57 Å². The maximum atomic E-state index is 12.8. The minimum atomic E-state index is -4.61. The van der Waals surface area contributed by atoms with Crippen molar-refractivity contribution in [1.29, 1.82) is 0 Å². The van der Waals surface area contributed by atoms with E-state index in [2.05, 4.69) is 0 Å². The van der Waals surface area contributed by atoms with E-state index in [0.29, 0.717) is 65.2 Å². The largest absolute Gasteiger partial charge is 0.382 e. The number of anilines is 1. The monoisotopic (exact) mass is 936 g/mol. The fourth-order valence-corrected chi connectivity index (χ4v) is 9.81. The first-order chi connectivity index (χ1) is 29.4. The molecule has 63 heavy (non-hydrogen) atoms. The summed E-state index contributed by atoms with van der Waals surface area (Å²) in [5.41, 5.74) is 2.63. The Bertz CT molecular complexity index is 2590. The van der Waals surface area contributed by atoms with Crippen LogP contribution in [0.25, 0.3) is 0 Å². The number of carbonyl (C=O) groups is 3. The van der Waals surface area contributed by atoms with E-state index in [4.69, 9.17) is 14.3 Å². The Labute approximate surface area is 368 Å². The van der Waals surface area contributed by atoms with Gasteiger partial charge in [0, 0.05) is 74.0 Å². The van der Waals surface area contributed by atoms with Crippen molar-refractivity contribution >= 4 is 65.2 Å². The lowest BCUT2D eigenvalue weighted by Gasteiger charge is -2.30. The molecular weight excluding hydrogens is 883 g/mol. The van der Waals surface area contributed by atoms with Crippen LogP contribution >= 0.6 is 0 Å². The summed E-state index contributed by atoms with van der Waals surface area (Å²) in [4.78, 5) is 43.3. The Balaban J connectivity index is 1.55. The van der Waals surface area contributed by atoms with E-state index in [9.17, 15) is 53.3 Å². The van der Waals surface area contributed by atoms with Crippen molar-refractivity contribution in [2.24, 2.45) is 0 Å². The van der Waals surface area contributed by atoms with Crippen LogP contribution in [0.4, 0.5) is 11.4 Å². The summed E-state index contributed by atoms with van der Waals surface area (Å²) in [5.74, 6) is -2.52. The summed E-state index contributed by atoms with van der Waals surface area (Å²) in [7, 11) is -12.0. The summed E-state index contributed by atoms with van der Waals surface area (Å²) in [6, 6.07) is 8.52. The van der Waals surface area contributed by atoms with Crippen LogP contribution in [0.1, 0.15) is 83.8 Å². The number of ether oxygens (including phenoxy) is 2. The highest BCUT2D eigenvalue weighted by Crippen LogP contribution is 2.51. The molecule has 0 aromatic heterocycles. The number of hydrogen-bond acceptors (Lipinski definition) is 13. The van der Waals surface area contributed by atoms with Crippen LogP contribution in [0.3, 0.4) is 0 Å². The lowest BCUT2D eigenvalue weighted by molar-refractivity contribution is -0.433. The minimum Gasteiger partial charge on any atom is -0.382 e. The first-order valence-corrected chi connectivity index (χ1v) is 24.8. The van der Waals surface area contributed by atoms with Crippen molar-refractivity contribution in [2.45, 2.75) is 93.3 Å². The number of nitrogens with zero attached hydrogens (tertiary/aromatic N) is 3. The van der Waals surface area contributed by atoms with Crippen molar-refractivity contribution < 1.29 is 72.2 Å². The number of methoxy groups -OCH3 is 1. The molecule has 0 spiro atoms. The minimum absolute atomic E-state index is 0.0381. The zero-order valence-corrected chi connectivity index (χ0v) is 38.2. The van der Waals surface area contributed by atoms with Gasteiger partial charge in [-0.3, -0.25) is 23.2 Å². The van der Waals surface area contributed by atoms with E-state index in [1.54, 1.807) is 19.2 Å². The molecule has 5 rings (SSSR count). The van der Waals surface area contributed by atoms with Gasteiger partial charge in [-0.25, -0.2) is 4.79 Å². The molecule has 0 bridgehead atoms. The van der Waals surface area contributed by atoms with E-state index in [1.165, 1.54) is 24.3 Å². The highest BCUT2D eigenvalue weighted by atomic mass is 32.2. The van der Waals surface area contributed by atoms with Gasteiger partial charge >= 0.3 is 5.97 Å². The third-order valence-electron chi connectivity index (χ3n) is 11.6. The lowest BCUT2D eigenvalue weighted by atomic mass is 9.75. The molecular formula is C42H54N3O15S3+. The Morgan fingerprint density at radius 2 is 1.49 bits per heavy atom. The van der Waals surface area contributed by atoms with Gasteiger partial charge in [-0.15, -0.1) is 5.06 Å². The smallest absolute Gasteiger partial charge is 0.333 e. The maximum absolute atomic E-state index is 12.8. The second-order valence-electron chi connectivity index (χ2n) is 15.9. The quantitative estimate of drug-likeness (QED) is 0.0498. The Morgan fingerprint density at radius 3 is 2.10 bits per heavy atom. The van der Waals surface area contributed by atoms with Crippen LogP contribution in [0.2, 0.25) is 0 Å². The molecule has 2 aromatic carbocycles. The van der Waals surface area contributed by atoms with Crippen LogP contribution in [0, 0.1) is 0 Å². The van der Waals surface area contributed by atoms with E-state index in [1.807, 2.05) is 61.5 Å². The fourth-order valence-electron chi connectivity index (χ4n) is 8.28. The summed E-state index contributed by atoms with van der Waals surface area (Å²) < 4.78 is 115. The molecule has 0 saturated carbocycles. The van der Waals surface area contributed by atoms with Gasteiger partial charge in [0.05, 0.1) is 34.2 Å². The van der Waals surface area contributed by atoms with Gasteiger partial charge in [0.2, 0.25) is 5.69 Å². The second-order valence-corrected chi connectivity index (χ2v) is 20.4. The topological polar surface area (TPSA) is 251 Å². The van der Waals surface area contributed by atoms with Crippen molar-refractivity contribution in [1.82, 2.24) is 5.06 Å². The first kappa shape index (κ1) is 49.4. The standard InChI is InChI=1S/C42H53N3O15S3/c1-6-43-34-14-12-30(62(52,53)54)27-32(34)41(3,20-8-26-61(49,50)51)36(43)16-10-29(2)11-17-37-42(4,21-23-59-25-24-58-5)33-28-31(63(55,56)57)13-15-35(33)44(37)22-7-9-40(48)60-45-38(46)18-19-39(45)47/h10-17,27-28H,6-9,18-26H2,1-5H3,(H2-,49,50,51,52,53,54,55,56,57)/p+1. The number of imide groups is 1. The number of rotatable bonds is 21. The summed E-state index contributed by atoms with van der Waals surface area (Å²) >= 11 is 0. The zero-order chi connectivity index (χ0) is 46.5. The number of hydroxylamine groups is 2. The van der Waals surface area contributed by atoms with Crippen molar-refractivity contribution in [3.8, 4) is 0 Å².